The lowest BCUT2D eigenvalue weighted by atomic mass is 10.0. The summed E-state index contributed by atoms with van der Waals surface area (Å²) in [6, 6.07) is 28.1. The molecule has 1 amide bonds. The van der Waals surface area contributed by atoms with Gasteiger partial charge in [0.15, 0.2) is 0 Å². The van der Waals surface area contributed by atoms with E-state index in [1.54, 1.807) is 0 Å². The van der Waals surface area contributed by atoms with Gasteiger partial charge in [-0.1, -0.05) is 78.4 Å². The van der Waals surface area contributed by atoms with Crippen LogP contribution in [0.3, 0.4) is 0 Å². The van der Waals surface area contributed by atoms with E-state index < -0.39 is 0 Å². The van der Waals surface area contributed by atoms with E-state index in [9.17, 15) is 4.79 Å². The van der Waals surface area contributed by atoms with Crippen molar-refractivity contribution >= 4 is 27.7 Å². The van der Waals surface area contributed by atoms with Crippen LogP contribution in [0.1, 0.15) is 21.6 Å². The SMILES string of the molecule is Cc1ccc(-c2nc(C(=O)NCc3ccccc3)cc3c2[nH]c2ccccc23)cc1. The number of nitrogens with zero attached hydrogens (tertiary/aromatic N) is 1. The Labute approximate surface area is 174 Å². The molecule has 0 radical (unpaired) electrons. The molecular formula is C26H21N3O. The molecule has 4 heteroatoms. The van der Waals surface area contributed by atoms with Crippen LogP contribution in [0.4, 0.5) is 0 Å². The second-order valence-corrected chi connectivity index (χ2v) is 7.48. The minimum absolute atomic E-state index is 0.181. The molecule has 146 valence electrons. The van der Waals surface area contributed by atoms with Crippen LogP contribution in [-0.2, 0) is 6.54 Å². The van der Waals surface area contributed by atoms with Crippen molar-refractivity contribution in [3.8, 4) is 11.3 Å². The number of H-pyrrole nitrogens is 1. The number of aromatic nitrogens is 2. The van der Waals surface area contributed by atoms with Gasteiger partial charge in [0, 0.05) is 28.4 Å². The van der Waals surface area contributed by atoms with Crippen LogP contribution >= 0.6 is 0 Å². The van der Waals surface area contributed by atoms with E-state index >= 15 is 0 Å². The number of para-hydroxylation sites is 1. The van der Waals surface area contributed by atoms with E-state index in [1.165, 1.54) is 5.56 Å². The lowest BCUT2D eigenvalue weighted by Gasteiger charge is -2.09. The largest absolute Gasteiger partial charge is 0.353 e. The van der Waals surface area contributed by atoms with Crippen LogP contribution in [0.25, 0.3) is 33.1 Å². The number of rotatable bonds is 4. The van der Waals surface area contributed by atoms with Crippen molar-refractivity contribution in [2.75, 3.05) is 0 Å². The van der Waals surface area contributed by atoms with Crippen LogP contribution < -0.4 is 5.32 Å². The van der Waals surface area contributed by atoms with Crippen LogP contribution in [0, 0.1) is 6.92 Å². The molecule has 5 aromatic rings. The number of aryl methyl sites for hydroxylation is 1. The van der Waals surface area contributed by atoms with Gasteiger partial charge in [0.25, 0.3) is 5.91 Å². The van der Waals surface area contributed by atoms with E-state index in [0.29, 0.717) is 12.2 Å². The predicted molar refractivity (Wildman–Crippen MR) is 121 cm³/mol. The molecule has 0 saturated carbocycles. The van der Waals surface area contributed by atoms with Crippen molar-refractivity contribution in [1.29, 1.82) is 0 Å². The zero-order chi connectivity index (χ0) is 20.5. The van der Waals surface area contributed by atoms with Crippen molar-refractivity contribution in [2.24, 2.45) is 0 Å². The molecule has 4 nitrogen and oxygen atoms in total. The van der Waals surface area contributed by atoms with Crippen molar-refractivity contribution < 1.29 is 4.79 Å². The summed E-state index contributed by atoms with van der Waals surface area (Å²) in [5, 5.41) is 5.08. The lowest BCUT2D eigenvalue weighted by Crippen LogP contribution is -2.24. The molecule has 30 heavy (non-hydrogen) atoms. The number of aromatic amines is 1. The van der Waals surface area contributed by atoms with Gasteiger partial charge in [0.1, 0.15) is 5.69 Å². The summed E-state index contributed by atoms with van der Waals surface area (Å²) >= 11 is 0. The maximum atomic E-state index is 13.0. The monoisotopic (exact) mass is 391 g/mol. The first-order chi connectivity index (χ1) is 14.7. The smallest absolute Gasteiger partial charge is 0.270 e. The molecule has 0 unspecified atom stereocenters. The highest BCUT2D eigenvalue weighted by molar-refractivity contribution is 6.13. The number of hydrogen-bond acceptors (Lipinski definition) is 2. The van der Waals surface area contributed by atoms with Crippen LogP contribution in [-0.4, -0.2) is 15.9 Å². The Morgan fingerprint density at radius 2 is 1.63 bits per heavy atom. The van der Waals surface area contributed by atoms with Gasteiger partial charge in [0.2, 0.25) is 0 Å². The molecule has 2 heterocycles. The molecule has 0 aliphatic carbocycles. The molecule has 5 rings (SSSR count). The molecule has 3 aromatic carbocycles. The number of carbonyl (C=O) groups is 1. The Balaban J connectivity index is 1.62. The first-order valence-corrected chi connectivity index (χ1v) is 10.00. The number of benzene rings is 3. The van der Waals surface area contributed by atoms with E-state index in [-0.39, 0.29) is 5.91 Å². The molecule has 0 fully saturated rings. The minimum Gasteiger partial charge on any atom is -0.353 e. The summed E-state index contributed by atoms with van der Waals surface area (Å²) < 4.78 is 0. The summed E-state index contributed by atoms with van der Waals surface area (Å²) in [6.07, 6.45) is 0. The van der Waals surface area contributed by atoms with Gasteiger partial charge >= 0.3 is 0 Å². The summed E-state index contributed by atoms with van der Waals surface area (Å²) in [7, 11) is 0. The lowest BCUT2D eigenvalue weighted by molar-refractivity contribution is 0.0946. The molecule has 2 aromatic heterocycles. The van der Waals surface area contributed by atoms with Gasteiger partial charge in [0.05, 0.1) is 11.2 Å². The third-order valence-corrected chi connectivity index (χ3v) is 5.35. The summed E-state index contributed by atoms with van der Waals surface area (Å²) in [6.45, 7) is 2.52. The molecule has 0 atom stereocenters. The van der Waals surface area contributed by atoms with Crippen molar-refractivity contribution in [3.05, 3.63) is 102 Å². The number of pyridine rings is 1. The van der Waals surface area contributed by atoms with E-state index in [1.807, 2.05) is 66.7 Å². The Bertz CT molecular complexity index is 1350. The number of fused-ring (bicyclic) bond motifs is 3. The maximum Gasteiger partial charge on any atom is 0.270 e. The highest BCUT2D eigenvalue weighted by atomic mass is 16.1. The predicted octanol–water partition coefficient (Wildman–Crippen LogP) is 5.62. The summed E-state index contributed by atoms with van der Waals surface area (Å²) in [5.74, 6) is -0.181. The topological polar surface area (TPSA) is 57.8 Å². The zero-order valence-electron chi connectivity index (χ0n) is 16.6. The molecule has 0 bridgehead atoms. The van der Waals surface area contributed by atoms with Crippen molar-refractivity contribution in [1.82, 2.24) is 15.3 Å². The van der Waals surface area contributed by atoms with Crippen molar-refractivity contribution in [2.45, 2.75) is 13.5 Å². The number of hydrogen-bond donors (Lipinski definition) is 2. The Kier molecular flexibility index (Phi) is 4.52. The molecular weight excluding hydrogens is 370 g/mol. The fraction of sp³-hybridized carbons (Fsp3) is 0.0769. The Morgan fingerprint density at radius 1 is 0.900 bits per heavy atom. The number of amides is 1. The van der Waals surface area contributed by atoms with E-state index in [0.717, 1.165) is 38.6 Å². The fourth-order valence-electron chi connectivity index (χ4n) is 3.75. The highest BCUT2D eigenvalue weighted by Gasteiger charge is 2.17. The first-order valence-electron chi connectivity index (χ1n) is 10.00. The quantitative estimate of drug-likeness (QED) is 0.418. The molecule has 0 aliphatic rings. The standard InChI is InChI=1S/C26H21N3O/c1-17-11-13-19(14-12-17)24-25-21(20-9-5-6-10-22(20)28-25)15-23(29-24)26(30)27-16-18-7-3-2-4-8-18/h2-15,28H,16H2,1H3,(H,27,30). The third kappa shape index (κ3) is 3.33. The van der Waals surface area contributed by atoms with Crippen LogP contribution in [0.2, 0.25) is 0 Å². The van der Waals surface area contributed by atoms with Gasteiger partial charge in [-0.3, -0.25) is 4.79 Å². The van der Waals surface area contributed by atoms with E-state index in [2.05, 4.69) is 35.4 Å². The number of carbonyl (C=O) groups excluding carboxylic acids is 1. The van der Waals surface area contributed by atoms with Crippen molar-refractivity contribution in [3.63, 3.8) is 0 Å². The van der Waals surface area contributed by atoms with Gasteiger partial charge in [-0.05, 0) is 24.6 Å². The fourth-order valence-corrected chi connectivity index (χ4v) is 3.75. The third-order valence-electron chi connectivity index (χ3n) is 5.35. The first kappa shape index (κ1) is 18.1. The number of nitrogens with one attached hydrogen (secondary N) is 2. The van der Waals surface area contributed by atoms with Gasteiger partial charge in [-0.15, -0.1) is 0 Å². The zero-order valence-corrected chi connectivity index (χ0v) is 16.6. The molecule has 0 spiro atoms. The van der Waals surface area contributed by atoms with Gasteiger partial charge in [-0.2, -0.15) is 0 Å². The molecule has 0 saturated heterocycles. The second kappa shape index (κ2) is 7.48. The average Bonchev–Trinajstić information content (AvgIpc) is 3.17. The molecule has 0 aliphatic heterocycles. The van der Waals surface area contributed by atoms with Gasteiger partial charge in [-0.25, -0.2) is 4.98 Å². The van der Waals surface area contributed by atoms with Gasteiger partial charge < -0.3 is 10.3 Å². The maximum absolute atomic E-state index is 13.0. The highest BCUT2D eigenvalue weighted by Crippen LogP contribution is 2.32. The average molecular weight is 391 g/mol. The van der Waals surface area contributed by atoms with Crippen LogP contribution in [0.15, 0.2) is 84.9 Å². The molecule has 2 N–H and O–H groups in total. The Morgan fingerprint density at radius 3 is 2.43 bits per heavy atom. The minimum atomic E-state index is -0.181. The Hall–Kier alpha value is -3.92. The summed E-state index contributed by atoms with van der Waals surface area (Å²) in [4.78, 5) is 21.2. The summed E-state index contributed by atoms with van der Waals surface area (Å²) in [5.41, 5.74) is 6.40. The second-order valence-electron chi connectivity index (χ2n) is 7.48. The normalized spacial score (nSPS) is 11.1. The van der Waals surface area contributed by atoms with E-state index in [4.69, 9.17) is 4.98 Å². The van der Waals surface area contributed by atoms with Crippen LogP contribution in [0.5, 0.6) is 0 Å².